The molecule has 1 rings (SSSR count). The van der Waals surface area contributed by atoms with Crippen LogP contribution in [0.5, 0.6) is 5.75 Å². The first-order valence-corrected chi connectivity index (χ1v) is 8.18. The molecule has 21 heavy (non-hydrogen) atoms. The van der Waals surface area contributed by atoms with Crippen LogP contribution < -0.4 is 15.2 Å². The number of rotatable bonds is 7. The van der Waals surface area contributed by atoms with Crippen molar-refractivity contribution in [3.05, 3.63) is 22.7 Å². The number of nitrogens with one attached hydrogen (secondary N) is 1. The van der Waals surface area contributed by atoms with Gasteiger partial charge in [-0.05, 0) is 53.5 Å². The van der Waals surface area contributed by atoms with Gasteiger partial charge < -0.3 is 10.5 Å². The van der Waals surface area contributed by atoms with Crippen LogP contribution in [0.4, 0.5) is 13.2 Å². The van der Waals surface area contributed by atoms with E-state index in [-0.39, 0.29) is 15.9 Å². The molecule has 1 aromatic carbocycles. The Balaban J connectivity index is 2.83. The SMILES string of the molecule is NCCCCNS(=O)(=O)c1ccc(OC(F)(F)F)cc1Br. The molecule has 0 spiro atoms. The fourth-order valence-corrected chi connectivity index (χ4v) is 3.58. The predicted molar refractivity (Wildman–Crippen MR) is 74.3 cm³/mol. The van der Waals surface area contributed by atoms with Gasteiger partial charge in [0.2, 0.25) is 10.0 Å². The second-order valence-corrected chi connectivity index (χ2v) is 6.62. The zero-order valence-electron chi connectivity index (χ0n) is 10.8. The lowest BCUT2D eigenvalue weighted by Crippen LogP contribution is -2.25. The van der Waals surface area contributed by atoms with E-state index in [1.165, 1.54) is 0 Å². The van der Waals surface area contributed by atoms with Gasteiger partial charge in [0, 0.05) is 11.0 Å². The van der Waals surface area contributed by atoms with Crippen LogP contribution in [-0.4, -0.2) is 27.9 Å². The van der Waals surface area contributed by atoms with Crippen molar-refractivity contribution in [3.8, 4) is 5.75 Å². The first-order valence-electron chi connectivity index (χ1n) is 5.91. The predicted octanol–water partition coefficient (Wildman–Crippen LogP) is 2.36. The zero-order chi connectivity index (χ0) is 16.1. The van der Waals surface area contributed by atoms with Gasteiger partial charge in [0.1, 0.15) is 5.75 Å². The van der Waals surface area contributed by atoms with E-state index in [0.717, 1.165) is 18.2 Å². The molecule has 5 nitrogen and oxygen atoms in total. The highest BCUT2D eigenvalue weighted by molar-refractivity contribution is 9.10. The van der Waals surface area contributed by atoms with Crippen LogP contribution in [-0.2, 0) is 10.0 Å². The molecule has 0 aliphatic rings. The number of unbranched alkanes of at least 4 members (excludes halogenated alkanes) is 1. The molecule has 0 aliphatic carbocycles. The largest absolute Gasteiger partial charge is 0.573 e. The van der Waals surface area contributed by atoms with E-state index in [9.17, 15) is 21.6 Å². The van der Waals surface area contributed by atoms with E-state index < -0.39 is 22.1 Å². The molecular formula is C11H14BrF3N2O3S. The van der Waals surface area contributed by atoms with Crippen LogP contribution in [0.3, 0.4) is 0 Å². The first-order chi connectivity index (χ1) is 9.65. The summed E-state index contributed by atoms with van der Waals surface area (Å²) in [5.74, 6) is -0.503. The van der Waals surface area contributed by atoms with Crippen LogP contribution in [0.25, 0.3) is 0 Å². The van der Waals surface area contributed by atoms with E-state index in [1.807, 2.05) is 0 Å². The fraction of sp³-hybridized carbons (Fsp3) is 0.455. The molecule has 0 saturated heterocycles. The summed E-state index contributed by atoms with van der Waals surface area (Å²) in [5.41, 5.74) is 5.29. The van der Waals surface area contributed by atoms with E-state index in [4.69, 9.17) is 5.73 Å². The quantitative estimate of drug-likeness (QED) is 0.700. The number of hydrogen-bond acceptors (Lipinski definition) is 4. The Bertz CT molecular complexity index is 579. The highest BCUT2D eigenvalue weighted by Crippen LogP contribution is 2.29. The maximum atomic E-state index is 12.1. The molecule has 0 fully saturated rings. The molecule has 3 N–H and O–H groups in total. The Morgan fingerprint density at radius 2 is 1.95 bits per heavy atom. The van der Waals surface area contributed by atoms with Crippen molar-refractivity contribution in [1.29, 1.82) is 0 Å². The van der Waals surface area contributed by atoms with Gasteiger partial charge in [0.25, 0.3) is 0 Å². The van der Waals surface area contributed by atoms with Crippen LogP contribution in [0.15, 0.2) is 27.6 Å². The molecule has 0 amide bonds. The smallest absolute Gasteiger partial charge is 0.406 e. The van der Waals surface area contributed by atoms with Crippen LogP contribution in [0.1, 0.15) is 12.8 Å². The van der Waals surface area contributed by atoms with Gasteiger partial charge in [-0.2, -0.15) is 0 Å². The minimum Gasteiger partial charge on any atom is -0.406 e. The summed E-state index contributed by atoms with van der Waals surface area (Å²) < 4.78 is 66.2. The Labute approximate surface area is 128 Å². The van der Waals surface area contributed by atoms with Crippen molar-refractivity contribution >= 4 is 26.0 Å². The van der Waals surface area contributed by atoms with Crippen LogP contribution >= 0.6 is 15.9 Å². The van der Waals surface area contributed by atoms with Gasteiger partial charge in [-0.25, -0.2) is 13.1 Å². The lowest BCUT2D eigenvalue weighted by Gasteiger charge is -2.12. The molecular weight excluding hydrogens is 377 g/mol. The lowest BCUT2D eigenvalue weighted by molar-refractivity contribution is -0.274. The van der Waals surface area contributed by atoms with Crippen LogP contribution in [0, 0.1) is 0 Å². The molecule has 0 aromatic heterocycles. The normalized spacial score (nSPS) is 12.4. The molecule has 0 saturated carbocycles. The number of sulfonamides is 1. The monoisotopic (exact) mass is 390 g/mol. The van der Waals surface area contributed by atoms with Crippen molar-refractivity contribution < 1.29 is 26.3 Å². The molecule has 0 aliphatic heterocycles. The zero-order valence-corrected chi connectivity index (χ0v) is 13.2. The van der Waals surface area contributed by atoms with E-state index in [0.29, 0.717) is 19.4 Å². The summed E-state index contributed by atoms with van der Waals surface area (Å²) in [6.07, 6.45) is -3.59. The molecule has 0 radical (unpaired) electrons. The number of halogens is 4. The summed E-state index contributed by atoms with van der Waals surface area (Å²) >= 11 is 2.93. The second kappa shape index (κ2) is 7.43. The van der Waals surface area contributed by atoms with Crippen molar-refractivity contribution in [2.75, 3.05) is 13.1 Å². The third-order valence-electron chi connectivity index (χ3n) is 2.35. The molecule has 0 bridgehead atoms. The molecule has 120 valence electrons. The van der Waals surface area contributed by atoms with Gasteiger partial charge in [-0.15, -0.1) is 13.2 Å². The van der Waals surface area contributed by atoms with Crippen molar-refractivity contribution in [2.45, 2.75) is 24.1 Å². The Hall–Kier alpha value is -0.840. The van der Waals surface area contributed by atoms with E-state index >= 15 is 0 Å². The van der Waals surface area contributed by atoms with Gasteiger partial charge in [0.15, 0.2) is 0 Å². The highest BCUT2D eigenvalue weighted by Gasteiger charge is 2.31. The summed E-state index contributed by atoms with van der Waals surface area (Å²) in [6.45, 7) is 0.654. The Morgan fingerprint density at radius 1 is 1.29 bits per heavy atom. The third-order valence-corrected chi connectivity index (χ3v) is 4.79. The lowest BCUT2D eigenvalue weighted by atomic mass is 10.3. The summed E-state index contributed by atoms with van der Waals surface area (Å²) in [6, 6.07) is 2.92. The molecule has 0 atom stereocenters. The van der Waals surface area contributed by atoms with Crippen molar-refractivity contribution in [2.24, 2.45) is 5.73 Å². The Morgan fingerprint density at radius 3 is 2.48 bits per heavy atom. The first kappa shape index (κ1) is 18.2. The summed E-state index contributed by atoms with van der Waals surface area (Å²) in [4.78, 5) is -0.162. The van der Waals surface area contributed by atoms with Crippen molar-refractivity contribution in [3.63, 3.8) is 0 Å². The van der Waals surface area contributed by atoms with Gasteiger partial charge in [-0.1, -0.05) is 0 Å². The van der Waals surface area contributed by atoms with E-state index in [1.54, 1.807) is 0 Å². The standard InChI is InChI=1S/C11H14BrF3N2O3S/c12-9-7-8(20-11(13,14)15)3-4-10(9)21(18,19)17-6-2-1-5-16/h3-4,7,17H,1-2,5-6,16H2. The average Bonchev–Trinajstić information content (AvgIpc) is 2.32. The number of hydrogen-bond donors (Lipinski definition) is 2. The topological polar surface area (TPSA) is 81.4 Å². The minimum absolute atomic E-state index is 0.0180. The number of nitrogens with two attached hydrogens (primary N) is 1. The van der Waals surface area contributed by atoms with E-state index in [2.05, 4.69) is 25.4 Å². The Kier molecular flexibility index (Phi) is 6.44. The minimum atomic E-state index is -4.83. The highest BCUT2D eigenvalue weighted by atomic mass is 79.9. The maximum absolute atomic E-state index is 12.1. The van der Waals surface area contributed by atoms with Gasteiger partial charge in [-0.3, -0.25) is 0 Å². The summed E-state index contributed by atoms with van der Waals surface area (Å²) in [7, 11) is -3.81. The molecule has 1 aromatic rings. The summed E-state index contributed by atoms with van der Waals surface area (Å²) in [5, 5.41) is 0. The average molecular weight is 391 g/mol. The van der Waals surface area contributed by atoms with Gasteiger partial charge >= 0.3 is 6.36 Å². The third kappa shape index (κ3) is 6.20. The van der Waals surface area contributed by atoms with Crippen LogP contribution in [0.2, 0.25) is 0 Å². The second-order valence-electron chi connectivity index (χ2n) is 4.03. The number of ether oxygens (including phenoxy) is 1. The molecule has 0 unspecified atom stereocenters. The fourth-order valence-electron chi connectivity index (χ4n) is 1.45. The van der Waals surface area contributed by atoms with Crippen molar-refractivity contribution in [1.82, 2.24) is 4.72 Å². The maximum Gasteiger partial charge on any atom is 0.573 e. The number of alkyl halides is 3. The van der Waals surface area contributed by atoms with Gasteiger partial charge in [0.05, 0.1) is 4.90 Å². The molecule has 0 heterocycles. The number of benzene rings is 1. The molecule has 10 heteroatoms.